The Kier molecular flexibility index (Phi) is 3.83. The van der Waals surface area contributed by atoms with Crippen molar-refractivity contribution in [2.75, 3.05) is 7.11 Å². The Morgan fingerprint density at radius 2 is 2.00 bits per heavy atom. The van der Waals surface area contributed by atoms with Crippen molar-refractivity contribution in [2.24, 2.45) is 5.73 Å². The number of carbonyl (C=O) groups is 1. The Hall–Kier alpha value is -1.49. The lowest BCUT2D eigenvalue weighted by atomic mass is 9.77. The van der Waals surface area contributed by atoms with Gasteiger partial charge in [-0.15, -0.1) is 0 Å². The van der Waals surface area contributed by atoms with Gasteiger partial charge in [-0.1, -0.05) is 26.0 Å². The molecular weight excluding hydrogens is 228 g/mol. The lowest BCUT2D eigenvalue weighted by Gasteiger charge is -2.30. The summed E-state index contributed by atoms with van der Waals surface area (Å²) >= 11 is 0. The van der Waals surface area contributed by atoms with Crippen molar-refractivity contribution in [3.8, 4) is 0 Å². The van der Waals surface area contributed by atoms with E-state index in [1.165, 1.54) is 19.2 Å². The molecule has 5 heteroatoms. The maximum absolute atomic E-state index is 13.6. The Morgan fingerprint density at radius 1 is 1.41 bits per heavy atom. The highest BCUT2D eigenvalue weighted by atomic mass is 19.2. The molecule has 0 saturated heterocycles. The lowest BCUT2D eigenvalue weighted by molar-refractivity contribution is -0.143. The minimum absolute atomic E-state index is 0.0513. The summed E-state index contributed by atoms with van der Waals surface area (Å²) in [5.74, 6) is -2.62. The maximum Gasteiger partial charge on any atom is 0.323 e. The number of benzene rings is 1. The highest BCUT2D eigenvalue weighted by molar-refractivity contribution is 5.77. The quantitative estimate of drug-likeness (QED) is 0.823. The highest BCUT2D eigenvalue weighted by Gasteiger charge is 2.37. The van der Waals surface area contributed by atoms with Crippen molar-refractivity contribution in [1.29, 1.82) is 0 Å². The summed E-state index contributed by atoms with van der Waals surface area (Å²) < 4.78 is 31.3. The van der Waals surface area contributed by atoms with Crippen LogP contribution in [-0.2, 0) is 14.9 Å². The highest BCUT2D eigenvalue weighted by Crippen LogP contribution is 2.29. The molecule has 17 heavy (non-hydrogen) atoms. The van der Waals surface area contributed by atoms with E-state index >= 15 is 0 Å². The second kappa shape index (κ2) is 4.79. The molecule has 0 heterocycles. The van der Waals surface area contributed by atoms with Crippen LogP contribution in [0, 0.1) is 11.6 Å². The van der Waals surface area contributed by atoms with E-state index < -0.39 is 29.1 Å². The standard InChI is InChI=1S/C12H15F2NO2/c1-12(2,10(15)11(16)17-3)7-5-4-6-8(13)9(7)14/h4-6,10H,15H2,1-3H3. The van der Waals surface area contributed by atoms with Crippen LogP contribution in [0.5, 0.6) is 0 Å². The SMILES string of the molecule is COC(=O)C(N)C(C)(C)c1cccc(F)c1F. The summed E-state index contributed by atoms with van der Waals surface area (Å²) in [6, 6.07) is 2.73. The van der Waals surface area contributed by atoms with E-state index in [9.17, 15) is 13.6 Å². The van der Waals surface area contributed by atoms with Gasteiger partial charge in [0.15, 0.2) is 11.6 Å². The van der Waals surface area contributed by atoms with Crippen molar-refractivity contribution in [3.63, 3.8) is 0 Å². The van der Waals surface area contributed by atoms with Gasteiger partial charge >= 0.3 is 5.97 Å². The molecule has 0 spiro atoms. The Morgan fingerprint density at radius 3 is 2.53 bits per heavy atom. The zero-order valence-corrected chi connectivity index (χ0v) is 9.96. The van der Waals surface area contributed by atoms with E-state index in [2.05, 4.69) is 4.74 Å². The van der Waals surface area contributed by atoms with Crippen molar-refractivity contribution in [1.82, 2.24) is 0 Å². The van der Waals surface area contributed by atoms with E-state index in [0.717, 1.165) is 6.07 Å². The summed E-state index contributed by atoms with van der Waals surface area (Å²) in [5.41, 5.74) is 4.69. The molecule has 94 valence electrons. The summed E-state index contributed by atoms with van der Waals surface area (Å²) in [5, 5.41) is 0. The van der Waals surface area contributed by atoms with Crippen LogP contribution in [0.3, 0.4) is 0 Å². The number of halogens is 2. The molecule has 3 nitrogen and oxygen atoms in total. The van der Waals surface area contributed by atoms with Gasteiger partial charge in [-0.25, -0.2) is 8.78 Å². The average Bonchev–Trinajstić information content (AvgIpc) is 2.30. The van der Waals surface area contributed by atoms with Gasteiger partial charge in [0.1, 0.15) is 6.04 Å². The number of methoxy groups -OCH3 is 1. The van der Waals surface area contributed by atoms with Crippen LogP contribution in [0.15, 0.2) is 18.2 Å². The van der Waals surface area contributed by atoms with Crippen LogP contribution in [0.25, 0.3) is 0 Å². The van der Waals surface area contributed by atoms with Gasteiger partial charge < -0.3 is 10.5 Å². The molecule has 1 aromatic rings. The van der Waals surface area contributed by atoms with Gasteiger partial charge in [0, 0.05) is 5.41 Å². The molecule has 0 aliphatic carbocycles. The number of esters is 1. The van der Waals surface area contributed by atoms with Crippen LogP contribution in [0.2, 0.25) is 0 Å². The lowest BCUT2D eigenvalue weighted by Crippen LogP contribution is -2.48. The number of ether oxygens (including phenoxy) is 1. The summed E-state index contributed by atoms with van der Waals surface area (Å²) in [7, 11) is 1.19. The number of hydrogen-bond acceptors (Lipinski definition) is 3. The van der Waals surface area contributed by atoms with E-state index in [1.54, 1.807) is 13.8 Å². The van der Waals surface area contributed by atoms with Crippen LogP contribution >= 0.6 is 0 Å². The summed E-state index contributed by atoms with van der Waals surface area (Å²) in [6.45, 7) is 3.12. The molecule has 0 aliphatic rings. The van der Waals surface area contributed by atoms with Crippen molar-refractivity contribution in [3.05, 3.63) is 35.4 Å². The second-order valence-corrected chi connectivity index (χ2v) is 4.32. The maximum atomic E-state index is 13.6. The average molecular weight is 243 g/mol. The predicted molar refractivity (Wildman–Crippen MR) is 59.4 cm³/mol. The Bertz CT molecular complexity index is 433. The number of hydrogen-bond donors (Lipinski definition) is 1. The van der Waals surface area contributed by atoms with Gasteiger partial charge in [-0.3, -0.25) is 4.79 Å². The molecule has 1 unspecified atom stereocenters. The second-order valence-electron chi connectivity index (χ2n) is 4.32. The summed E-state index contributed by atoms with van der Waals surface area (Å²) in [6.07, 6.45) is 0. The molecule has 1 aromatic carbocycles. The van der Waals surface area contributed by atoms with Crippen LogP contribution in [0.1, 0.15) is 19.4 Å². The fourth-order valence-corrected chi connectivity index (χ4v) is 1.59. The monoisotopic (exact) mass is 243 g/mol. The molecule has 0 saturated carbocycles. The predicted octanol–water partition coefficient (Wildman–Crippen LogP) is 1.74. The molecule has 2 N–H and O–H groups in total. The first kappa shape index (κ1) is 13.6. The van der Waals surface area contributed by atoms with Gasteiger partial charge in [-0.2, -0.15) is 0 Å². The molecule has 0 fully saturated rings. The Labute approximate surface area is 98.6 Å². The zero-order valence-electron chi connectivity index (χ0n) is 9.96. The molecule has 0 aromatic heterocycles. The minimum atomic E-state index is -1.07. The largest absolute Gasteiger partial charge is 0.468 e. The normalized spacial score (nSPS) is 13.3. The van der Waals surface area contributed by atoms with Gasteiger partial charge in [0.05, 0.1) is 7.11 Å². The zero-order chi connectivity index (χ0) is 13.2. The number of carbonyl (C=O) groups excluding carboxylic acids is 1. The minimum Gasteiger partial charge on any atom is -0.468 e. The molecule has 0 bridgehead atoms. The fraction of sp³-hybridized carbons (Fsp3) is 0.417. The van der Waals surface area contributed by atoms with Crippen molar-refractivity contribution < 1.29 is 18.3 Å². The van der Waals surface area contributed by atoms with E-state index in [0.29, 0.717) is 0 Å². The number of nitrogens with two attached hydrogens (primary N) is 1. The third kappa shape index (κ3) is 2.44. The van der Waals surface area contributed by atoms with E-state index in [4.69, 9.17) is 5.73 Å². The third-order valence-corrected chi connectivity index (χ3v) is 2.88. The number of rotatable bonds is 3. The summed E-state index contributed by atoms with van der Waals surface area (Å²) in [4.78, 5) is 11.4. The van der Waals surface area contributed by atoms with Gasteiger partial charge in [-0.05, 0) is 11.6 Å². The van der Waals surface area contributed by atoms with Crippen LogP contribution in [-0.4, -0.2) is 19.1 Å². The van der Waals surface area contributed by atoms with Crippen LogP contribution < -0.4 is 5.73 Å². The third-order valence-electron chi connectivity index (χ3n) is 2.88. The van der Waals surface area contributed by atoms with Gasteiger partial charge in [0.25, 0.3) is 0 Å². The smallest absolute Gasteiger partial charge is 0.323 e. The fourth-order valence-electron chi connectivity index (χ4n) is 1.59. The van der Waals surface area contributed by atoms with E-state index in [1.807, 2.05) is 0 Å². The first-order chi connectivity index (χ1) is 7.82. The molecule has 1 atom stereocenters. The first-order valence-electron chi connectivity index (χ1n) is 5.10. The molecule has 0 amide bonds. The first-order valence-corrected chi connectivity index (χ1v) is 5.10. The van der Waals surface area contributed by atoms with E-state index in [-0.39, 0.29) is 5.56 Å². The van der Waals surface area contributed by atoms with Crippen molar-refractivity contribution >= 4 is 5.97 Å². The Balaban J connectivity index is 3.21. The molecule has 0 radical (unpaired) electrons. The van der Waals surface area contributed by atoms with Gasteiger partial charge in [0.2, 0.25) is 0 Å². The topological polar surface area (TPSA) is 52.3 Å². The molecule has 0 aliphatic heterocycles. The van der Waals surface area contributed by atoms with Crippen LogP contribution in [0.4, 0.5) is 8.78 Å². The molecular formula is C12H15F2NO2. The van der Waals surface area contributed by atoms with Crippen molar-refractivity contribution in [2.45, 2.75) is 25.3 Å². The molecule has 1 rings (SSSR count).